The number of nitrogens with zero attached hydrogens (tertiary/aromatic N) is 2. The fourth-order valence-corrected chi connectivity index (χ4v) is 2.51. The summed E-state index contributed by atoms with van der Waals surface area (Å²) in [6, 6.07) is 1.67. The van der Waals surface area contributed by atoms with Crippen molar-refractivity contribution in [1.29, 1.82) is 0 Å². The summed E-state index contributed by atoms with van der Waals surface area (Å²) >= 11 is 0. The van der Waals surface area contributed by atoms with Gasteiger partial charge in [-0.15, -0.1) is 0 Å². The first-order valence-electron chi connectivity index (χ1n) is 6.56. The van der Waals surface area contributed by atoms with Crippen LogP contribution in [0, 0.1) is 12.8 Å². The van der Waals surface area contributed by atoms with Crippen LogP contribution in [0.1, 0.15) is 28.8 Å². The summed E-state index contributed by atoms with van der Waals surface area (Å²) in [6.07, 6.45) is 3.71. The first-order chi connectivity index (χ1) is 9.08. The molecular formula is C14H20N2O3. The zero-order valence-corrected chi connectivity index (χ0v) is 11.4. The molecule has 1 aliphatic rings. The molecule has 0 aromatic carbocycles. The van der Waals surface area contributed by atoms with Crippen LogP contribution >= 0.6 is 0 Å². The highest BCUT2D eigenvalue weighted by Gasteiger charge is 2.18. The van der Waals surface area contributed by atoms with Crippen molar-refractivity contribution in [3.8, 4) is 0 Å². The first kappa shape index (κ1) is 13.8. The molecular weight excluding hydrogens is 244 g/mol. The van der Waals surface area contributed by atoms with E-state index in [1.54, 1.807) is 6.07 Å². The highest BCUT2D eigenvalue weighted by Crippen LogP contribution is 2.21. The molecule has 1 fully saturated rings. The highest BCUT2D eigenvalue weighted by atomic mass is 16.5. The molecule has 1 N–H and O–H groups in total. The van der Waals surface area contributed by atoms with E-state index in [9.17, 15) is 4.79 Å². The summed E-state index contributed by atoms with van der Waals surface area (Å²) < 4.78 is 5.47. The molecule has 1 unspecified atom stereocenters. The Bertz CT molecular complexity index is 456. The minimum Gasteiger partial charge on any atom is -0.478 e. The zero-order chi connectivity index (χ0) is 13.8. The summed E-state index contributed by atoms with van der Waals surface area (Å²) in [4.78, 5) is 17.2. The molecule has 0 spiro atoms. The zero-order valence-electron chi connectivity index (χ0n) is 11.4. The molecule has 1 atom stereocenters. The maximum absolute atomic E-state index is 10.9. The number of aromatic carboxylic acids is 1. The number of carboxylic acid groups (broad SMARTS) is 1. The maximum Gasteiger partial charge on any atom is 0.337 e. The van der Waals surface area contributed by atoms with E-state index < -0.39 is 5.97 Å². The number of anilines is 1. The van der Waals surface area contributed by atoms with Gasteiger partial charge in [-0.3, -0.25) is 0 Å². The third-order valence-corrected chi connectivity index (χ3v) is 3.45. The second kappa shape index (κ2) is 6.02. The molecule has 1 saturated heterocycles. The van der Waals surface area contributed by atoms with Gasteiger partial charge in [0.15, 0.2) is 0 Å². The predicted molar refractivity (Wildman–Crippen MR) is 72.7 cm³/mol. The number of carbonyl (C=O) groups is 1. The van der Waals surface area contributed by atoms with Gasteiger partial charge in [0.05, 0.1) is 12.2 Å². The normalized spacial score (nSPS) is 19.2. The Kier molecular flexibility index (Phi) is 4.37. The van der Waals surface area contributed by atoms with Crippen LogP contribution in [-0.4, -0.2) is 42.9 Å². The van der Waals surface area contributed by atoms with Crippen LogP contribution in [0.2, 0.25) is 0 Å². The number of hydrogen-bond acceptors (Lipinski definition) is 4. The standard InChI is InChI=1S/C14H20N2O3/c1-10-6-12(14(17)18)7-15-13(10)16(2)8-11-4-3-5-19-9-11/h6-7,11H,3-5,8-9H2,1-2H3,(H,17,18). The summed E-state index contributed by atoms with van der Waals surface area (Å²) in [5.41, 5.74) is 1.12. The van der Waals surface area contributed by atoms with E-state index in [1.807, 2.05) is 14.0 Å². The Hall–Kier alpha value is -1.62. The summed E-state index contributed by atoms with van der Waals surface area (Å²) in [6.45, 7) is 4.45. The van der Waals surface area contributed by atoms with Gasteiger partial charge in [0.1, 0.15) is 5.82 Å². The molecule has 0 bridgehead atoms. The van der Waals surface area contributed by atoms with Crippen LogP contribution in [-0.2, 0) is 4.74 Å². The topological polar surface area (TPSA) is 62.7 Å². The fraction of sp³-hybridized carbons (Fsp3) is 0.571. The molecule has 19 heavy (non-hydrogen) atoms. The van der Waals surface area contributed by atoms with Gasteiger partial charge in [-0.25, -0.2) is 9.78 Å². The molecule has 2 heterocycles. The van der Waals surface area contributed by atoms with Crippen LogP contribution in [0.25, 0.3) is 0 Å². The summed E-state index contributed by atoms with van der Waals surface area (Å²) in [7, 11) is 1.99. The predicted octanol–water partition coefficient (Wildman–Crippen LogP) is 1.95. The molecule has 1 aromatic heterocycles. The summed E-state index contributed by atoms with van der Waals surface area (Å²) in [5, 5.41) is 8.93. The number of aromatic nitrogens is 1. The smallest absolute Gasteiger partial charge is 0.337 e. The molecule has 2 rings (SSSR count). The van der Waals surface area contributed by atoms with Crippen molar-refractivity contribution in [2.24, 2.45) is 5.92 Å². The van der Waals surface area contributed by atoms with E-state index >= 15 is 0 Å². The lowest BCUT2D eigenvalue weighted by atomic mass is 10.0. The van der Waals surface area contributed by atoms with Crippen molar-refractivity contribution in [1.82, 2.24) is 4.98 Å². The van der Waals surface area contributed by atoms with Gasteiger partial charge in [0, 0.05) is 26.4 Å². The van der Waals surface area contributed by atoms with Crippen LogP contribution in [0.3, 0.4) is 0 Å². The second-order valence-electron chi connectivity index (χ2n) is 5.13. The average Bonchev–Trinajstić information content (AvgIpc) is 2.39. The molecule has 5 heteroatoms. The average molecular weight is 264 g/mol. The monoisotopic (exact) mass is 264 g/mol. The van der Waals surface area contributed by atoms with Gasteiger partial charge in [-0.2, -0.15) is 0 Å². The highest BCUT2D eigenvalue weighted by molar-refractivity contribution is 5.87. The number of carboxylic acids is 1. The van der Waals surface area contributed by atoms with E-state index in [0.717, 1.165) is 37.6 Å². The number of aryl methyl sites for hydroxylation is 1. The molecule has 5 nitrogen and oxygen atoms in total. The maximum atomic E-state index is 10.9. The van der Waals surface area contributed by atoms with Crippen molar-refractivity contribution >= 4 is 11.8 Å². The Morgan fingerprint density at radius 1 is 1.63 bits per heavy atom. The second-order valence-corrected chi connectivity index (χ2v) is 5.13. The van der Waals surface area contributed by atoms with Crippen molar-refractivity contribution in [2.45, 2.75) is 19.8 Å². The lowest BCUT2D eigenvalue weighted by molar-refractivity contribution is 0.0576. The summed E-state index contributed by atoms with van der Waals surface area (Å²) in [5.74, 6) is 0.431. The number of rotatable bonds is 4. The number of pyridine rings is 1. The van der Waals surface area contributed by atoms with E-state index in [-0.39, 0.29) is 5.56 Å². The van der Waals surface area contributed by atoms with Gasteiger partial charge < -0.3 is 14.7 Å². The number of hydrogen-bond donors (Lipinski definition) is 1. The largest absolute Gasteiger partial charge is 0.478 e. The Balaban J connectivity index is 2.05. The lowest BCUT2D eigenvalue weighted by Crippen LogP contribution is -2.31. The quantitative estimate of drug-likeness (QED) is 0.900. The van der Waals surface area contributed by atoms with E-state index in [2.05, 4.69) is 9.88 Å². The SMILES string of the molecule is Cc1cc(C(=O)O)cnc1N(C)CC1CCCOC1. The van der Waals surface area contributed by atoms with Crippen molar-refractivity contribution < 1.29 is 14.6 Å². The van der Waals surface area contributed by atoms with Gasteiger partial charge in [-0.05, 0) is 37.3 Å². The molecule has 1 aromatic rings. The van der Waals surface area contributed by atoms with Crippen LogP contribution in [0.4, 0.5) is 5.82 Å². The minimum absolute atomic E-state index is 0.232. The van der Waals surface area contributed by atoms with Crippen molar-refractivity contribution in [2.75, 3.05) is 31.7 Å². The van der Waals surface area contributed by atoms with Gasteiger partial charge in [0.25, 0.3) is 0 Å². The van der Waals surface area contributed by atoms with Crippen LogP contribution in [0.15, 0.2) is 12.3 Å². The first-order valence-corrected chi connectivity index (χ1v) is 6.56. The van der Waals surface area contributed by atoms with E-state index in [1.165, 1.54) is 12.6 Å². The molecule has 0 amide bonds. The number of ether oxygens (including phenoxy) is 1. The third kappa shape index (κ3) is 3.44. The minimum atomic E-state index is -0.939. The van der Waals surface area contributed by atoms with Gasteiger partial charge in [-0.1, -0.05) is 0 Å². The Labute approximate surface area is 113 Å². The molecule has 0 aliphatic carbocycles. The molecule has 1 aliphatic heterocycles. The Morgan fingerprint density at radius 2 is 2.42 bits per heavy atom. The lowest BCUT2D eigenvalue weighted by Gasteiger charge is -2.28. The van der Waals surface area contributed by atoms with Crippen LogP contribution in [0.5, 0.6) is 0 Å². The van der Waals surface area contributed by atoms with Gasteiger partial charge in [0.2, 0.25) is 0 Å². The van der Waals surface area contributed by atoms with Crippen molar-refractivity contribution in [3.05, 3.63) is 23.4 Å². The molecule has 104 valence electrons. The fourth-order valence-electron chi connectivity index (χ4n) is 2.51. The molecule has 0 radical (unpaired) electrons. The van der Waals surface area contributed by atoms with Gasteiger partial charge >= 0.3 is 5.97 Å². The van der Waals surface area contributed by atoms with E-state index in [4.69, 9.17) is 9.84 Å². The Morgan fingerprint density at radius 3 is 3.00 bits per heavy atom. The molecule has 0 saturated carbocycles. The third-order valence-electron chi connectivity index (χ3n) is 3.45. The van der Waals surface area contributed by atoms with E-state index in [0.29, 0.717) is 5.92 Å². The van der Waals surface area contributed by atoms with Crippen LogP contribution < -0.4 is 4.90 Å². The van der Waals surface area contributed by atoms with Crippen molar-refractivity contribution in [3.63, 3.8) is 0 Å².